The van der Waals surface area contributed by atoms with Gasteiger partial charge < -0.3 is 14.8 Å². The van der Waals surface area contributed by atoms with Gasteiger partial charge in [0.1, 0.15) is 0 Å². The molecule has 1 saturated heterocycles. The van der Waals surface area contributed by atoms with Crippen molar-refractivity contribution in [2.24, 2.45) is 0 Å². The van der Waals surface area contributed by atoms with Gasteiger partial charge >= 0.3 is 0 Å². The summed E-state index contributed by atoms with van der Waals surface area (Å²) < 4.78 is 12.3. The van der Waals surface area contributed by atoms with Crippen molar-refractivity contribution in [3.8, 4) is 0 Å². The van der Waals surface area contributed by atoms with Gasteiger partial charge in [0.25, 0.3) is 0 Å². The van der Waals surface area contributed by atoms with E-state index in [4.69, 9.17) is 9.47 Å². The zero-order valence-corrected chi connectivity index (χ0v) is 16.8. The second-order valence-electron chi connectivity index (χ2n) is 7.24. The molecule has 1 heterocycles. The van der Waals surface area contributed by atoms with Crippen molar-refractivity contribution in [3.63, 3.8) is 0 Å². The van der Waals surface area contributed by atoms with E-state index in [2.05, 4.69) is 59.7 Å². The standard InChI is InChI=1S/C24H32N2O2/c1-3-16-26-23(25-2)19-21(20-10-6-4-7-11-20)14-15-24(27-17-18-28-24)22-12-8-5-9-13-22/h3-13,21,23,25-26H,1,14-19H2,2H3. The fourth-order valence-electron chi connectivity index (χ4n) is 3.93. The van der Waals surface area contributed by atoms with Gasteiger partial charge in [0, 0.05) is 18.5 Å². The fraction of sp³-hybridized carbons (Fsp3) is 0.417. The molecule has 0 aromatic heterocycles. The summed E-state index contributed by atoms with van der Waals surface area (Å²) >= 11 is 0. The van der Waals surface area contributed by atoms with Crippen LogP contribution in [0.3, 0.4) is 0 Å². The predicted molar refractivity (Wildman–Crippen MR) is 114 cm³/mol. The molecule has 0 bridgehead atoms. The molecule has 2 atom stereocenters. The lowest BCUT2D eigenvalue weighted by molar-refractivity contribution is -0.172. The van der Waals surface area contributed by atoms with Crippen LogP contribution in [0.15, 0.2) is 73.3 Å². The van der Waals surface area contributed by atoms with Crippen molar-refractivity contribution in [3.05, 3.63) is 84.4 Å². The first kappa shape index (κ1) is 20.7. The topological polar surface area (TPSA) is 42.5 Å². The third-order valence-electron chi connectivity index (χ3n) is 5.44. The first-order valence-electron chi connectivity index (χ1n) is 10.2. The summed E-state index contributed by atoms with van der Waals surface area (Å²) in [6, 6.07) is 21.1. The van der Waals surface area contributed by atoms with E-state index in [9.17, 15) is 0 Å². The van der Waals surface area contributed by atoms with Gasteiger partial charge in [-0.1, -0.05) is 66.7 Å². The molecule has 3 rings (SSSR count). The van der Waals surface area contributed by atoms with Crippen molar-refractivity contribution in [1.29, 1.82) is 0 Å². The molecule has 1 aliphatic rings. The quantitative estimate of drug-likeness (QED) is 0.454. The van der Waals surface area contributed by atoms with Crippen LogP contribution in [0.1, 0.15) is 36.3 Å². The van der Waals surface area contributed by atoms with E-state index in [1.54, 1.807) is 0 Å². The molecule has 2 aromatic rings. The van der Waals surface area contributed by atoms with E-state index in [0.29, 0.717) is 19.1 Å². The average molecular weight is 381 g/mol. The lowest BCUT2D eigenvalue weighted by atomic mass is 9.87. The van der Waals surface area contributed by atoms with E-state index in [1.807, 2.05) is 31.3 Å². The van der Waals surface area contributed by atoms with Gasteiger partial charge in [0.15, 0.2) is 5.79 Å². The average Bonchev–Trinajstić information content (AvgIpc) is 3.25. The minimum atomic E-state index is -0.627. The van der Waals surface area contributed by atoms with E-state index in [1.165, 1.54) is 5.56 Å². The molecular formula is C24H32N2O2. The Morgan fingerprint density at radius 1 is 1.04 bits per heavy atom. The zero-order chi connectivity index (χ0) is 19.7. The summed E-state index contributed by atoms with van der Waals surface area (Å²) in [5, 5.41) is 6.88. The van der Waals surface area contributed by atoms with Crippen molar-refractivity contribution in [2.75, 3.05) is 26.8 Å². The fourth-order valence-corrected chi connectivity index (χ4v) is 3.93. The monoisotopic (exact) mass is 380 g/mol. The molecule has 0 radical (unpaired) electrons. The largest absolute Gasteiger partial charge is 0.343 e. The van der Waals surface area contributed by atoms with Crippen LogP contribution in [0.25, 0.3) is 0 Å². The van der Waals surface area contributed by atoms with Gasteiger partial charge in [0.05, 0.1) is 19.4 Å². The van der Waals surface area contributed by atoms with E-state index < -0.39 is 5.79 Å². The molecule has 1 fully saturated rings. The minimum Gasteiger partial charge on any atom is -0.343 e. The number of rotatable bonds is 11. The van der Waals surface area contributed by atoms with E-state index in [0.717, 1.165) is 31.4 Å². The lowest BCUT2D eigenvalue weighted by Gasteiger charge is -2.31. The maximum Gasteiger partial charge on any atom is 0.195 e. The number of hydrogen-bond acceptors (Lipinski definition) is 4. The first-order chi connectivity index (χ1) is 13.8. The maximum atomic E-state index is 6.14. The van der Waals surface area contributed by atoms with E-state index in [-0.39, 0.29) is 6.17 Å². The summed E-state index contributed by atoms with van der Waals surface area (Å²) in [5.74, 6) is -0.234. The highest BCUT2D eigenvalue weighted by Gasteiger charge is 2.38. The zero-order valence-electron chi connectivity index (χ0n) is 16.8. The lowest BCUT2D eigenvalue weighted by Crippen LogP contribution is -2.41. The van der Waals surface area contributed by atoms with Crippen LogP contribution < -0.4 is 10.6 Å². The van der Waals surface area contributed by atoms with Crippen molar-refractivity contribution < 1.29 is 9.47 Å². The third kappa shape index (κ3) is 5.30. The van der Waals surface area contributed by atoms with Crippen molar-refractivity contribution in [1.82, 2.24) is 10.6 Å². The van der Waals surface area contributed by atoms with Gasteiger partial charge in [-0.05, 0) is 31.4 Å². The molecule has 0 spiro atoms. The van der Waals surface area contributed by atoms with Crippen LogP contribution in [0.5, 0.6) is 0 Å². The van der Waals surface area contributed by atoms with Crippen molar-refractivity contribution in [2.45, 2.75) is 37.1 Å². The summed E-state index contributed by atoms with van der Waals surface area (Å²) in [7, 11) is 2.00. The molecule has 0 aliphatic carbocycles. The predicted octanol–water partition coefficient (Wildman–Crippen LogP) is 4.16. The molecule has 4 nitrogen and oxygen atoms in total. The molecule has 2 N–H and O–H groups in total. The van der Waals surface area contributed by atoms with Crippen molar-refractivity contribution >= 4 is 0 Å². The molecule has 2 unspecified atom stereocenters. The summed E-state index contributed by atoms with van der Waals surface area (Å²) in [6.45, 7) is 5.88. The number of benzene rings is 2. The summed E-state index contributed by atoms with van der Waals surface area (Å²) in [4.78, 5) is 0. The highest BCUT2D eigenvalue weighted by Crippen LogP contribution is 2.39. The summed E-state index contributed by atoms with van der Waals surface area (Å²) in [5.41, 5.74) is 2.46. The molecule has 4 heteroatoms. The van der Waals surface area contributed by atoms with Crippen LogP contribution in [0.4, 0.5) is 0 Å². The van der Waals surface area contributed by atoms with Gasteiger partial charge in [-0.3, -0.25) is 5.32 Å². The molecule has 0 amide bonds. The number of ether oxygens (including phenoxy) is 2. The molecular weight excluding hydrogens is 348 g/mol. The van der Waals surface area contributed by atoms with Gasteiger partial charge in [-0.15, -0.1) is 6.58 Å². The Labute approximate surface area is 168 Å². The van der Waals surface area contributed by atoms with Crippen LogP contribution >= 0.6 is 0 Å². The summed E-state index contributed by atoms with van der Waals surface area (Å²) in [6.07, 6.45) is 4.91. The number of nitrogens with one attached hydrogen (secondary N) is 2. The Hall–Kier alpha value is -1.98. The normalized spacial score (nSPS) is 17.9. The Bertz CT molecular complexity index is 699. The van der Waals surface area contributed by atoms with Crippen LogP contribution in [0, 0.1) is 0 Å². The highest BCUT2D eigenvalue weighted by atomic mass is 16.7. The second-order valence-corrected chi connectivity index (χ2v) is 7.24. The Morgan fingerprint density at radius 2 is 1.68 bits per heavy atom. The van der Waals surface area contributed by atoms with Gasteiger partial charge in [0.2, 0.25) is 0 Å². The SMILES string of the molecule is C=CCNC(CC(CCC1(c2ccccc2)OCCO1)c1ccccc1)NC. The van der Waals surface area contributed by atoms with Gasteiger partial charge in [-0.25, -0.2) is 0 Å². The second kappa shape index (κ2) is 10.5. The molecule has 28 heavy (non-hydrogen) atoms. The first-order valence-corrected chi connectivity index (χ1v) is 10.2. The molecule has 0 saturated carbocycles. The van der Waals surface area contributed by atoms with E-state index >= 15 is 0 Å². The smallest absolute Gasteiger partial charge is 0.195 e. The number of hydrogen-bond donors (Lipinski definition) is 2. The van der Waals surface area contributed by atoms with Crippen LogP contribution in [0.2, 0.25) is 0 Å². The Kier molecular flexibility index (Phi) is 7.80. The molecule has 2 aromatic carbocycles. The Balaban J connectivity index is 1.76. The maximum absolute atomic E-state index is 6.14. The van der Waals surface area contributed by atoms with Crippen LogP contribution in [-0.4, -0.2) is 33.0 Å². The molecule has 150 valence electrons. The highest BCUT2D eigenvalue weighted by molar-refractivity contribution is 5.23. The van der Waals surface area contributed by atoms with Gasteiger partial charge in [-0.2, -0.15) is 0 Å². The molecule has 1 aliphatic heterocycles. The minimum absolute atomic E-state index is 0.223. The third-order valence-corrected chi connectivity index (χ3v) is 5.44. The Morgan fingerprint density at radius 3 is 2.29 bits per heavy atom. The van der Waals surface area contributed by atoms with Crippen LogP contribution in [-0.2, 0) is 15.3 Å².